The zero-order valence-corrected chi connectivity index (χ0v) is 25.4. The van der Waals surface area contributed by atoms with E-state index in [2.05, 4.69) is 20.9 Å². The van der Waals surface area contributed by atoms with Crippen molar-refractivity contribution in [3.8, 4) is 5.75 Å². The summed E-state index contributed by atoms with van der Waals surface area (Å²) in [5, 5.41) is 1.05. The molecule has 0 fully saturated rings. The molecule has 1 aromatic heterocycles. The van der Waals surface area contributed by atoms with Gasteiger partial charge in [0, 0.05) is 25.6 Å². The predicted octanol–water partition coefficient (Wildman–Crippen LogP) is 6.45. The van der Waals surface area contributed by atoms with Crippen molar-refractivity contribution in [2.24, 2.45) is 4.99 Å². The van der Waals surface area contributed by atoms with Gasteiger partial charge >= 0.3 is 5.97 Å². The van der Waals surface area contributed by atoms with Crippen molar-refractivity contribution in [3.05, 3.63) is 129 Å². The summed E-state index contributed by atoms with van der Waals surface area (Å²) in [5.41, 5.74) is 2.87. The lowest BCUT2D eigenvalue weighted by molar-refractivity contribution is -0.139. The molecule has 6 nitrogen and oxygen atoms in total. The molecule has 1 aliphatic rings. The molecule has 1 aliphatic heterocycles. The zero-order valence-electron chi connectivity index (χ0n) is 21.5. The van der Waals surface area contributed by atoms with Gasteiger partial charge in [0.25, 0.3) is 5.56 Å². The minimum Gasteiger partial charge on any atom is -0.488 e. The van der Waals surface area contributed by atoms with Crippen LogP contribution in [0.3, 0.4) is 0 Å². The van der Waals surface area contributed by atoms with Gasteiger partial charge in [-0.2, -0.15) is 0 Å². The summed E-state index contributed by atoms with van der Waals surface area (Å²) in [5.74, 6) is 0.0819. The number of hydrogen-bond donors (Lipinski definition) is 0. The first-order chi connectivity index (χ1) is 19.3. The molecule has 3 aromatic carbocycles. The lowest BCUT2D eigenvalue weighted by Gasteiger charge is -2.24. The van der Waals surface area contributed by atoms with E-state index in [1.165, 1.54) is 11.3 Å². The average Bonchev–Trinajstić information content (AvgIpc) is 3.23. The molecule has 0 saturated carbocycles. The van der Waals surface area contributed by atoms with E-state index >= 15 is 0 Å². The van der Waals surface area contributed by atoms with Crippen molar-refractivity contribution < 1.29 is 14.3 Å². The van der Waals surface area contributed by atoms with Gasteiger partial charge in [-0.3, -0.25) is 9.36 Å². The van der Waals surface area contributed by atoms with Crippen LogP contribution in [0.1, 0.15) is 36.6 Å². The summed E-state index contributed by atoms with van der Waals surface area (Å²) in [7, 11) is 0. The van der Waals surface area contributed by atoms with Gasteiger partial charge in [0.1, 0.15) is 12.4 Å². The van der Waals surface area contributed by atoms with E-state index in [0.717, 1.165) is 15.6 Å². The van der Waals surface area contributed by atoms with Crippen molar-refractivity contribution in [1.29, 1.82) is 0 Å². The number of carbonyl (C=O) groups excluding carboxylic acids is 1. The summed E-state index contributed by atoms with van der Waals surface area (Å²) < 4.78 is 14.3. The Hall–Kier alpha value is -3.17. The summed E-state index contributed by atoms with van der Waals surface area (Å²) in [4.78, 5) is 32.1. The van der Waals surface area contributed by atoms with Crippen LogP contribution >= 0.6 is 50.5 Å². The summed E-state index contributed by atoms with van der Waals surface area (Å²) in [6.45, 7) is 3.95. The number of carbonyl (C=O) groups is 1. The van der Waals surface area contributed by atoms with Crippen LogP contribution in [0.15, 0.2) is 92.3 Å². The molecule has 40 heavy (non-hydrogen) atoms. The number of rotatable bonds is 7. The van der Waals surface area contributed by atoms with Crippen molar-refractivity contribution >= 4 is 62.5 Å². The molecule has 5 rings (SSSR count). The third-order valence-corrected chi connectivity index (χ3v) is 8.35. The smallest absolute Gasteiger partial charge is 0.338 e. The Morgan fingerprint density at radius 2 is 1.90 bits per heavy atom. The molecule has 0 aliphatic carbocycles. The zero-order chi connectivity index (χ0) is 28.4. The first-order valence-electron chi connectivity index (χ1n) is 12.4. The Balaban J connectivity index is 1.60. The van der Waals surface area contributed by atoms with Crippen LogP contribution in [0, 0.1) is 0 Å². The van der Waals surface area contributed by atoms with Crippen LogP contribution in [0.4, 0.5) is 0 Å². The highest BCUT2D eigenvalue weighted by atomic mass is 79.9. The van der Waals surface area contributed by atoms with Gasteiger partial charge in [-0.05, 0) is 55.8 Å². The average molecular weight is 658 g/mol. The lowest BCUT2D eigenvalue weighted by Crippen LogP contribution is -2.39. The van der Waals surface area contributed by atoms with E-state index < -0.39 is 12.0 Å². The van der Waals surface area contributed by atoms with E-state index in [0.29, 0.717) is 42.0 Å². The molecular formula is C30H23BrCl2N2O4S. The predicted molar refractivity (Wildman–Crippen MR) is 162 cm³/mol. The van der Waals surface area contributed by atoms with Crippen LogP contribution < -0.4 is 19.6 Å². The largest absolute Gasteiger partial charge is 0.488 e. The standard InChI is InChI=1S/C30H23BrCl2N2O4S/c1-3-38-29(37)26-17(2)34-30-35(27(26)18-7-5-4-6-8-18)28(36)25(40-30)14-20-13-21(31)10-12-24(20)39-16-19-9-11-22(32)15-23(19)33/h4-15,27H,3,16H2,1-2H3/b25-14-/t27-/m1/s1. The van der Waals surface area contributed by atoms with Gasteiger partial charge in [0.15, 0.2) is 4.80 Å². The second-order valence-corrected chi connectivity index (χ2v) is 11.7. The second-order valence-electron chi connectivity index (χ2n) is 8.92. The molecular weight excluding hydrogens is 635 g/mol. The minimum absolute atomic E-state index is 0.217. The third-order valence-electron chi connectivity index (χ3n) is 6.29. The number of ether oxygens (including phenoxy) is 2. The molecule has 0 amide bonds. The summed E-state index contributed by atoms with van der Waals surface area (Å²) in [6, 6.07) is 19.6. The Labute approximate surface area is 252 Å². The number of halogens is 3. The summed E-state index contributed by atoms with van der Waals surface area (Å²) >= 11 is 17.1. The fourth-order valence-electron chi connectivity index (χ4n) is 4.44. The maximum absolute atomic E-state index is 13.9. The fraction of sp³-hybridized carbons (Fsp3) is 0.167. The lowest BCUT2D eigenvalue weighted by atomic mass is 9.96. The maximum Gasteiger partial charge on any atom is 0.338 e. The van der Waals surface area contributed by atoms with Crippen LogP contribution in [0.2, 0.25) is 10.0 Å². The quantitative estimate of drug-likeness (QED) is 0.214. The molecule has 0 bridgehead atoms. The van der Waals surface area contributed by atoms with Crippen molar-refractivity contribution in [2.45, 2.75) is 26.5 Å². The highest BCUT2D eigenvalue weighted by molar-refractivity contribution is 9.10. The normalized spacial score (nSPS) is 15.0. The topological polar surface area (TPSA) is 69.9 Å². The van der Waals surface area contributed by atoms with Crippen LogP contribution in [0.5, 0.6) is 5.75 Å². The number of allylic oxidation sites excluding steroid dienone is 1. The van der Waals surface area contributed by atoms with E-state index in [9.17, 15) is 9.59 Å². The highest BCUT2D eigenvalue weighted by Crippen LogP contribution is 2.31. The van der Waals surface area contributed by atoms with E-state index in [4.69, 9.17) is 32.7 Å². The first-order valence-corrected chi connectivity index (χ1v) is 14.7. The molecule has 4 aromatic rings. The van der Waals surface area contributed by atoms with Crippen molar-refractivity contribution in [2.75, 3.05) is 6.61 Å². The monoisotopic (exact) mass is 656 g/mol. The van der Waals surface area contributed by atoms with Crippen LogP contribution in [-0.4, -0.2) is 17.1 Å². The molecule has 204 valence electrons. The number of benzene rings is 3. The molecule has 1 atom stereocenters. The number of thiazole rings is 1. The number of hydrogen-bond acceptors (Lipinski definition) is 6. The number of nitrogens with zero attached hydrogens (tertiary/aromatic N) is 2. The van der Waals surface area contributed by atoms with E-state index in [1.807, 2.05) is 54.6 Å². The van der Waals surface area contributed by atoms with Gasteiger partial charge < -0.3 is 9.47 Å². The van der Waals surface area contributed by atoms with Crippen molar-refractivity contribution in [3.63, 3.8) is 0 Å². The minimum atomic E-state index is -0.663. The van der Waals surface area contributed by atoms with Gasteiger partial charge in [0.2, 0.25) is 0 Å². The Morgan fingerprint density at radius 3 is 2.62 bits per heavy atom. The Kier molecular flexibility index (Phi) is 8.61. The summed E-state index contributed by atoms with van der Waals surface area (Å²) in [6.07, 6.45) is 1.78. The SMILES string of the molecule is CCOC(=O)C1=C(C)N=c2s/c(=C\c3cc(Br)ccc3OCc3ccc(Cl)cc3Cl)c(=O)n2[C@@H]1c1ccccc1. The van der Waals surface area contributed by atoms with Gasteiger partial charge in [-0.1, -0.05) is 86.9 Å². The highest BCUT2D eigenvalue weighted by Gasteiger charge is 2.33. The molecule has 0 saturated heterocycles. The molecule has 0 N–H and O–H groups in total. The molecule has 0 spiro atoms. The van der Waals surface area contributed by atoms with E-state index in [-0.39, 0.29) is 18.8 Å². The molecule has 10 heteroatoms. The van der Waals surface area contributed by atoms with Gasteiger partial charge in [0.05, 0.1) is 28.5 Å². The number of esters is 1. The third kappa shape index (κ3) is 5.81. The van der Waals surface area contributed by atoms with Gasteiger partial charge in [-0.25, -0.2) is 9.79 Å². The number of aromatic nitrogens is 1. The van der Waals surface area contributed by atoms with Crippen LogP contribution in [0.25, 0.3) is 6.08 Å². The molecule has 0 unspecified atom stereocenters. The number of fused-ring (bicyclic) bond motifs is 1. The van der Waals surface area contributed by atoms with Crippen LogP contribution in [-0.2, 0) is 16.1 Å². The van der Waals surface area contributed by atoms with Gasteiger partial charge in [-0.15, -0.1) is 0 Å². The maximum atomic E-state index is 13.9. The first kappa shape index (κ1) is 28.4. The van der Waals surface area contributed by atoms with Crippen molar-refractivity contribution in [1.82, 2.24) is 4.57 Å². The Bertz CT molecular complexity index is 1820. The molecule has 0 radical (unpaired) electrons. The molecule has 2 heterocycles. The second kappa shape index (κ2) is 12.1. The Morgan fingerprint density at radius 1 is 1.12 bits per heavy atom. The fourth-order valence-corrected chi connectivity index (χ4v) is 6.32. The van der Waals surface area contributed by atoms with E-state index in [1.54, 1.807) is 36.6 Å².